The van der Waals surface area contributed by atoms with Gasteiger partial charge in [0, 0.05) is 22.6 Å². The van der Waals surface area contributed by atoms with Crippen LogP contribution in [0.3, 0.4) is 0 Å². The van der Waals surface area contributed by atoms with Crippen molar-refractivity contribution in [2.75, 3.05) is 11.5 Å². The Morgan fingerprint density at radius 2 is 0.969 bits per heavy atom. The van der Waals surface area contributed by atoms with E-state index >= 15 is 0 Å². The van der Waals surface area contributed by atoms with Crippen molar-refractivity contribution in [3.8, 4) is 0 Å². The Morgan fingerprint density at radius 3 is 1.38 bits per heavy atom. The van der Waals surface area contributed by atoms with Crippen molar-refractivity contribution in [1.29, 1.82) is 0 Å². The van der Waals surface area contributed by atoms with Gasteiger partial charge in [0.15, 0.2) is 0 Å². The second-order valence-electron chi connectivity index (χ2n) is 8.86. The normalized spacial score (nSPS) is 33.9. The predicted octanol–water partition coefficient (Wildman–Crippen LogP) is 9.81. The molecule has 0 N–H and O–H groups in total. The quantitative estimate of drug-likeness (QED) is 0.262. The van der Waals surface area contributed by atoms with E-state index in [1.807, 2.05) is 118 Å². The molecule has 0 aromatic carbocycles. The third kappa shape index (κ3) is 4.10. The Kier molecular flexibility index (Phi) is 6.99. The zero-order chi connectivity index (χ0) is 22.3. The fraction of sp³-hybridized carbons (Fsp3) is 0.500. The van der Waals surface area contributed by atoms with E-state index in [-0.39, 0.29) is 11.1 Å². The molecule has 0 spiro atoms. The van der Waals surface area contributed by atoms with Crippen molar-refractivity contribution >= 4 is 118 Å². The molecular formula is C20H20NOS10. The average Bonchev–Trinajstić information content (AvgIpc) is 3.50. The summed E-state index contributed by atoms with van der Waals surface area (Å²) in [6.07, 6.45) is 0. The summed E-state index contributed by atoms with van der Waals surface area (Å²) in [5, 5.41) is 18.8. The van der Waals surface area contributed by atoms with Crippen LogP contribution in [0.2, 0.25) is 0 Å². The highest BCUT2D eigenvalue weighted by Gasteiger charge is 2.59. The maximum absolute atomic E-state index is 13.1. The third-order valence-corrected chi connectivity index (χ3v) is 20.9. The molecule has 1 saturated heterocycles. The van der Waals surface area contributed by atoms with Crippen LogP contribution in [0, 0.1) is 11.8 Å². The third-order valence-electron chi connectivity index (χ3n) is 6.32. The largest absolute Gasteiger partial charge is 0.143 e. The van der Waals surface area contributed by atoms with E-state index in [9.17, 15) is 5.21 Å². The number of fused-ring (bicyclic) bond motifs is 1. The van der Waals surface area contributed by atoms with Gasteiger partial charge in [0.1, 0.15) is 0 Å². The van der Waals surface area contributed by atoms with Crippen molar-refractivity contribution < 1.29 is 5.21 Å². The molecule has 1 radical (unpaired) electrons. The van der Waals surface area contributed by atoms with E-state index in [2.05, 4.69) is 38.5 Å². The van der Waals surface area contributed by atoms with Crippen molar-refractivity contribution in [3.63, 3.8) is 0 Å². The molecule has 32 heavy (non-hydrogen) atoms. The molecule has 171 valence electrons. The van der Waals surface area contributed by atoms with Crippen molar-refractivity contribution in [3.05, 3.63) is 44.7 Å². The second kappa shape index (κ2) is 9.15. The van der Waals surface area contributed by atoms with Crippen molar-refractivity contribution in [2.24, 2.45) is 11.8 Å². The number of hydroxylamine groups is 2. The summed E-state index contributed by atoms with van der Waals surface area (Å²) in [7, 11) is 0. The van der Waals surface area contributed by atoms with E-state index in [4.69, 9.17) is 0 Å². The lowest BCUT2D eigenvalue weighted by Crippen LogP contribution is -2.47. The van der Waals surface area contributed by atoms with Gasteiger partial charge in [-0.05, 0) is 50.3 Å². The van der Waals surface area contributed by atoms with Gasteiger partial charge in [-0.3, -0.25) is 0 Å². The van der Waals surface area contributed by atoms with Gasteiger partial charge in [-0.15, -0.1) is 33.8 Å². The molecule has 6 heterocycles. The zero-order valence-electron chi connectivity index (χ0n) is 17.7. The van der Waals surface area contributed by atoms with Crippen LogP contribution < -0.4 is 0 Å². The second-order valence-corrected chi connectivity index (χ2v) is 20.9. The molecule has 0 aliphatic carbocycles. The lowest BCUT2D eigenvalue weighted by Gasteiger charge is -2.33. The van der Waals surface area contributed by atoms with Gasteiger partial charge in [-0.25, -0.2) is 0 Å². The SMILES string of the molecule is CC1(C)[C@@H]2CSC3=C(SC[C@H]2C(C)(C)N1[O])SC(=C1SC2=C(SC(=C4SC=CS4)S2)S1)S3. The van der Waals surface area contributed by atoms with Crippen LogP contribution in [-0.4, -0.2) is 27.6 Å². The molecule has 1 fully saturated rings. The highest BCUT2D eigenvalue weighted by Crippen LogP contribution is 2.72. The first kappa shape index (κ1) is 24.5. The molecule has 12 heteroatoms. The van der Waals surface area contributed by atoms with Crippen molar-refractivity contribution in [1.82, 2.24) is 5.06 Å². The number of nitrogens with zero attached hydrogens (tertiary/aromatic N) is 1. The lowest BCUT2D eigenvalue weighted by molar-refractivity contribution is -0.250. The van der Waals surface area contributed by atoms with Gasteiger partial charge < -0.3 is 0 Å². The smallest absolute Gasteiger partial charge is 0.0718 e. The van der Waals surface area contributed by atoms with Gasteiger partial charge >= 0.3 is 0 Å². The minimum absolute atomic E-state index is 0.300. The average molecular weight is 611 g/mol. The summed E-state index contributed by atoms with van der Waals surface area (Å²) < 4.78 is 11.6. The van der Waals surface area contributed by atoms with Crippen LogP contribution in [0.5, 0.6) is 0 Å². The molecule has 0 bridgehead atoms. The van der Waals surface area contributed by atoms with Crippen molar-refractivity contribution in [2.45, 2.75) is 38.8 Å². The van der Waals surface area contributed by atoms with E-state index in [1.165, 1.54) is 39.0 Å². The monoisotopic (exact) mass is 610 g/mol. The molecule has 6 rings (SSSR count). The topological polar surface area (TPSA) is 23.1 Å². The molecular weight excluding hydrogens is 591 g/mol. The maximum Gasteiger partial charge on any atom is 0.0718 e. The Morgan fingerprint density at radius 1 is 0.625 bits per heavy atom. The van der Waals surface area contributed by atoms with Crippen LogP contribution in [0.4, 0.5) is 0 Å². The van der Waals surface area contributed by atoms with E-state index in [1.54, 1.807) is 0 Å². The first-order valence-electron chi connectivity index (χ1n) is 10.0. The van der Waals surface area contributed by atoms with Crippen LogP contribution in [0.15, 0.2) is 44.7 Å². The summed E-state index contributed by atoms with van der Waals surface area (Å²) >= 11 is 19.5. The standard InChI is InChI=1S/C20H20NOS10/c1-19(2)9-7-25-12-13(26-8-10(9)20(3,4)21(19)22)28-15(27-12)16-31-17-18(32-16)30-14(29-17)11-23-5-6-24-11/h5-6,9-10H,7-8H2,1-4H3/t9-,10-/m1/s1. The Hall–Kier alpha value is 2.12. The summed E-state index contributed by atoms with van der Waals surface area (Å²) in [4.78, 5) is 0. The summed E-state index contributed by atoms with van der Waals surface area (Å²) in [6.45, 7) is 8.59. The highest BCUT2D eigenvalue weighted by atomic mass is 32.3. The van der Waals surface area contributed by atoms with Gasteiger partial charge in [0.05, 0.1) is 33.9 Å². The van der Waals surface area contributed by atoms with Crippen LogP contribution >= 0.6 is 118 Å². The molecule has 0 saturated carbocycles. The molecule has 2 nitrogen and oxygen atoms in total. The molecule has 0 amide bonds. The molecule has 6 aliphatic rings. The highest BCUT2D eigenvalue weighted by molar-refractivity contribution is 8.50. The number of hydrogen-bond donors (Lipinski definition) is 0. The van der Waals surface area contributed by atoms with Crippen LogP contribution in [0.25, 0.3) is 0 Å². The molecule has 2 atom stereocenters. The maximum atomic E-state index is 13.1. The fourth-order valence-corrected chi connectivity index (χ4v) is 20.2. The minimum atomic E-state index is -0.300. The Labute approximate surface area is 232 Å². The minimum Gasteiger partial charge on any atom is -0.143 e. The molecule has 0 unspecified atom stereocenters. The predicted molar refractivity (Wildman–Crippen MR) is 161 cm³/mol. The molecule has 6 aliphatic heterocycles. The van der Waals surface area contributed by atoms with E-state index < -0.39 is 0 Å². The van der Waals surface area contributed by atoms with Gasteiger partial charge in [0.25, 0.3) is 0 Å². The van der Waals surface area contributed by atoms with Gasteiger partial charge in [-0.2, -0.15) is 0 Å². The number of rotatable bonds is 0. The fourth-order valence-electron chi connectivity index (χ4n) is 4.59. The number of thioether (sulfide) groups is 10. The van der Waals surface area contributed by atoms with Gasteiger partial charge in [0.2, 0.25) is 0 Å². The summed E-state index contributed by atoms with van der Waals surface area (Å²) in [5.74, 6) is 2.92. The zero-order valence-corrected chi connectivity index (χ0v) is 25.8. The Bertz CT molecular complexity index is 967. The van der Waals surface area contributed by atoms with E-state index in [0.29, 0.717) is 11.8 Å². The molecule has 0 aromatic heterocycles. The summed E-state index contributed by atoms with van der Waals surface area (Å²) in [6, 6.07) is 0. The molecule has 0 aromatic rings. The van der Waals surface area contributed by atoms with Crippen LogP contribution in [0.1, 0.15) is 27.7 Å². The van der Waals surface area contributed by atoms with E-state index in [0.717, 1.165) is 11.5 Å². The van der Waals surface area contributed by atoms with Crippen LogP contribution in [-0.2, 0) is 5.21 Å². The lowest BCUT2D eigenvalue weighted by atomic mass is 9.79. The summed E-state index contributed by atoms with van der Waals surface area (Å²) in [5.41, 5.74) is -0.600. The first-order valence-corrected chi connectivity index (χ1v) is 18.6. The first-order chi connectivity index (χ1) is 15.2. The number of hydrogen-bond acceptors (Lipinski definition) is 11. The van der Waals surface area contributed by atoms with Gasteiger partial charge in [-0.1, -0.05) is 94.1 Å². The Balaban J connectivity index is 1.16.